The van der Waals surface area contributed by atoms with Crippen LogP contribution in [0.2, 0.25) is 0 Å². The van der Waals surface area contributed by atoms with E-state index in [-0.39, 0.29) is 5.09 Å². The van der Waals surface area contributed by atoms with Gasteiger partial charge in [-0.2, -0.15) is 4.72 Å². The van der Waals surface area contributed by atoms with E-state index in [9.17, 15) is 18.3 Å². The van der Waals surface area contributed by atoms with Gasteiger partial charge in [-0.3, -0.25) is 4.79 Å². The maximum atomic E-state index is 12.1. The molecule has 21 heavy (non-hydrogen) atoms. The second kappa shape index (κ2) is 5.71. The summed E-state index contributed by atoms with van der Waals surface area (Å²) in [5.41, 5.74) is 2.08. The molecule has 0 aliphatic rings. The van der Waals surface area contributed by atoms with E-state index in [0.717, 1.165) is 11.1 Å². The molecule has 2 N–H and O–H groups in total. The first-order chi connectivity index (χ1) is 9.79. The van der Waals surface area contributed by atoms with Crippen molar-refractivity contribution in [2.24, 2.45) is 0 Å². The molecule has 0 aliphatic carbocycles. The van der Waals surface area contributed by atoms with Crippen LogP contribution in [0.3, 0.4) is 0 Å². The zero-order chi connectivity index (χ0) is 15.6. The van der Waals surface area contributed by atoms with Crippen LogP contribution >= 0.6 is 0 Å². The van der Waals surface area contributed by atoms with Gasteiger partial charge in [-0.1, -0.05) is 29.3 Å². The Labute approximate surface area is 122 Å². The monoisotopic (exact) mass is 309 g/mol. The normalized spacial score (nSPS) is 13.0. The van der Waals surface area contributed by atoms with Gasteiger partial charge in [-0.15, -0.1) is 0 Å². The van der Waals surface area contributed by atoms with Gasteiger partial charge in [-0.25, -0.2) is 8.42 Å². The van der Waals surface area contributed by atoms with Gasteiger partial charge in [0.2, 0.25) is 5.09 Å². The van der Waals surface area contributed by atoms with Gasteiger partial charge >= 0.3 is 5.97 Å². The molecular formula is C14H15NO5S. The molecule has 6 nitrogen and oxygen atoms in total. The van der Waals surface area contributed by atoms with Crippen molar-refractivity contribution in [3.05, 3.63) is 53.3 Å². The van der Waals surface area contributed by atoms with Crippen molar-refractivity contribution in [1.82, 2.24) is 4.72 Å². The second-order valence-corrected chi connectivity index (χ2v) is 6.39. The zero-order valence-corrected chi connectivity index (χ0v) is 12.3. The van der Waals surface area contributed by atoms with E-state index in [0.29, 0.717) is 5.56 Å². The summed E-state index contributed by atoms with van der Waals surface area (Å²) in [7, 11) is -4.03. The van der Waals surface area contributed by atoms with Gasteiger partial charge in [0.1, 0.15) is 6.04 Å². The SMILES string of the molecule is Cc1cc(C)cc(C(NS(=O)(=O)c2ccco2)C(=O)O)c1. The zero-order valence-electron chi connectivity index (χ0n) is 11.5. The van der Waals surface area contributed by atoms with Crippen molar-refractivity contribution in [2.45, 2.75) is 25.0 Å². The average Bonchev–Trinajstić information content (AvgIpc) is 2.89. The van der Waals surface area contributed by atoms with Gasteiger partial charge in [0, 0.05) is 0 Å². The lowest BCUT2D eigenvalue weighted by molar-refractivity contribution is -0.139. The van der Waals surface area contributed by atoms with Crippen LogP contribution < -0.4 is 4.72 Å². The molecule has 0 aliphatic heterocycles. The lowest BCUT2D eigenvalue weighted by Gasteiger charge is -2.15. The number of rotatable bonds is 5. The molecule has 0 saturated carbocycles. The summed E-state index contributed by atoms with van der Waals surface area (Å²) < 4.78 is 31.1. The summed E-state index contributed by atoms with van der Waals surface area (Å²) in [6.45, 7) is 3.63. The van der Waals surface area contributed by atoms with Gasteiger partial charge < -0.3 is 9.52 Å². The molecular weight excluding hydrogens is 294 g/mol. The smallest absolute Gasteiger partial charge is 0.326 e. The minimum absolute atomic E-state index is 0.321. The molecule has 0 bridgehead atoms. The highest BCUT2D eigenvalue weighted by Gasteiger charge is 2.28. The number of hydrogen-bond acceptors (Lipinski definition) is 4. The summed E-state index contributed by atoms with van der Waals surface area (Å²) in [4.78, 5) is 11.4. The molecule has 1 atom stereocenters. The lowest BCUT2D eigenvalue weighted by Crippen LogP contribution is -2.33. The lowest BCUT2D eigenvalue weighted by atomic mass is 10.0. The third-order valence-electron chi connectivity index (χ3n) is 2.86. The van der Waals surface area contributed by atoms with Crippen LogP contribution in [0.25, 0.3) is 0 Å². The quantitative estimate of drug-likeness (QED) is 0.880. The Morgan fingerprint density at radius 3 is 2.33 bits per heavy atom. The fourth-order valence-electron chi connectivity index (χ4n) is 2.07. The molecule has 1 heterocycles. The topological polar surface area (TPSA) is 96.6 Å². The molecule has 0 amide bonds. The number of nitrogens with one attached hydrogen (secondary N) is 1. The maximum absolute atomic E-state index is 12.1. The summed E-state index contributed by atoms with van der Waals surface area (Å²) in [5.74, 6) is -1.28. The van der Waals surface area contributed by atoms with E-state index in [4.69, 9.17) is 4.42 Å². The first-order valence-corrected chi connectivity index (χ1v) is 7.65. The van der Waals surface area contributed by atoms with E-state index >= 15 is 0 Å². The van der Waals surface area contributed by atoms with Crippen LogP contribution in [-0.2, 0) is 14.8 Å². The van der Waals surface area contributed by atoms with Crippen molar-refractivity contribution in [3.63, 3.8) is 0 Å². The molecule has 112 valence electrons. The van der Waals surface area contributed by atoms with E-state index in [1.807, 2.05) is 19.9 Å². The number of carboxylic acids is 1. The largest absolute Gasteiger partial charge is 0.480 e. The summed E-state index contributed by atoms with van der Waals surface area (Å²) in [6, 6.07) is 6.44. The van der Waals surface area contributed by atoms with Crippen molar-refractivity contribution in [2.75, 3.05) is 0 Å². The minimum atomic E-state index is -4.03. The van der Waals surface area contributed by atoms with Crippen LogP contribution in [0.15, 0.2) is 46.1 Å². The molecule has 0 spiro atoms. The number of aliphatic carboxylic acids is 1. The Balaban J connectivity index is 2.39. The summed E-state index contributed by atoms with van der Waals surface area (Å²) in [6.07, 6.45) is 1.21. The maximum Gasteiger partial charge on any atom is 0.326 e. The Morgan fingerprint density at radius 2 is 1.86 bits per heavy atom. The highest BCUT2D eigenvalue weighted by molar-refractivity contribution is 7.89. The number of carboxylic acid groups (broad SMARTS) is 1. The van der Waals surface area contributed by atoms with E-state index in [1.54, 1.807) is 12.1 Å². The highest BCUT2D eigenvalue weighted by Crippen LogP contribution is 2.20. The fourth-order valence-corrected chi connectivity index (χ4v) is 3.17. The van der Waals surface area contributed by atoms with Crippen LogP contribution in [-0.4, -0.2) is 19.5 Å². The van der Waals surface area contributed by atoms with Crippen molar-refractivity contribution in [3.8, 4) is 0 Å². The summed E-state index contributed by atoms with van der Waals surface area (Å²) >= 11 is 0. The Hall–Kier alpha value is -2.12. The predicted octanol–water partition coefficient (Wildman–Crippen LogP) is 2.00. The molecule has 7 heteroatoms. The number of sulfonamides is 1. The second-order valence-electron chi connectivity index (χ2n) is 4.75. The molecule has 0 fully saturated rings. The first-order valence-electron chi connectivity index (χ1n) is 6.16. The third-order valence-corrected chi connectivity index (χ3v) is 4.17. The fraction of sp³-hybridized carbons (Fsp3) is 0.214. The van der Waals surface area contributed by atoms with Gasteiger partial charge in [0.05, 0.1) is 6.26 Å². The van der Waals surface area contributed by atoms with Crippen molar-refractivity contribution < 1.29 is 22.7 Å². The molecule has 1 aromatic heterocycles. The van der Waals surface area contributed by atoms with Gasteiger partial charge in [0.25, 0.3) is 10.0 Å². The molecule has 2 aromatic rings. The Morgan fingerprint density at radius 1 is 1.24 bits per heavy atom. The number of aryl methyl sites for hydroxylation is 2. The highest BCUT2D eigenvalue weighted by atomic mass is 32.2. The predicted molar refractivity (Wildman–Crippen MR) is 75.3 cm³/mol. The Bertz CT molecular complexity index is 729. The van der Waals surface area contributed by atoms with E-state index < -0.39 is 22.0 Å². The van der Waals surface area contributed by atoms with Gasteiger partial charge in [0.15, 0.2) is 0 Å². The molecule has 1 aromatic carbocycles. The van der Waals surface area contributed by atoms with Crippen LogP contribution in [0.4, 0.5) is 0 Å². The Kier molecular flexibility index (Phi) is 4.15. The number of carbonyl (C=O) groups is 1. The standard InChI is InChI=1S/C14H15NO5S/c1-9-6-10(2)8-11(7-9)13(14(16)17)15-21(18,19)12-4-3-5-20-12/h3-8,13,15H,1-2H3,(H,16,17). The van der Waals surface area contributed by atoms with E-state index in [2.05, 4.69) is 4.72 Å². The summed E-state index contributed by atoms with van der Waals surface area (Å²) in [5, 5.41) is 8.99. The van der Waals surface area contributed by atoms with Gasteiger partial charge in [-0.05, 0) is 31.5 Å². The van der Waals surface area contributed by atoms with Crippen LogP contribution in [0.1, 0.15) is 22.7 Å². The van der Waals surface area contributed by atoms with Crippen molar-refractivity contribution in [1.29, 1.82) is 0 Å². The molecule has 1 unspecified atom stereocenters. The number of benzene rings is 1. The van der Waals surface area contributed by atoms with Crippen LogP contribution in [0, 0.1) is 13.8 Å². The first kappa shape index (κ1) is 15.3. The molecule has 0 radical (unpaired) electrons. The molecule has 2 rings (SSSR count). The third kappa shape index (κ3) is 3.50. The average molecular weight is 309 g/mol. The van der Waals surface area contributed by atoms with E-state index in [1.165, 1.54) is 18.4 Å². The number of hydrogen-bond donors (Lipinski definition) is 2. The van der Waals surface area contributed by atoms with Crippen LogP contribution in [0.5, 0.6) is 0 Å². The minimum Gasteiger partial charge on any atom is -0.480 e. The molecule has 0 saturated heterocycles. The van der Waals surface area contributed by atoms with Crippen molar-refractivity contribution >= 4 is 16.0 Å². The number of furan rings is 1.